The predicted molar refractivity (Wildman–Crippen MR) is 83.5 cm³/mol. The summed E-state index contributed by atoms with van der Waals surface area (Å²) >= 11 is 6.23. The normalized spacial score (nSPS) is 18.0. The highest BCUT2D eigenvalue weighted by molar-refractivity contribution is 6.32. The minimum Gasteiger partial charge on any atom is -0.370 e. The van der Waals surface area contributed by atoms with E-state index >= 15 is 0 Å². The first-order valence-electron chi connectivity index (χ1n) is 6.42. The summed E-state index contributed by atoms with van der Waals surface area (Å²) in [5.74, 6) is 0. The van der Waals surface area contributed by atoms with Crippen molar-refractivity contribution < 1.29 is 5.11 Å². The average molecular weight is 284 g/mol. The second kappa shape index (κ2) is 5.53. The standard InChI is InChI=1S/C17H14ClNO/c18-16-9-5-4-8-15(16)13-10-11-17(20)19(12-13)14-6-2-1-3-7-14/h1-12,17,20H. The Morgan fingerprint density at radius 3 is 2.40 bits per heavy atom. The van der Waals surface area contributed by atoms with E-state index in [1.54, 1.807) is 6.08 Å². The van der Waals surface area contributed by atoms with E-state index in [-0.39, 0.29) is 0 Å². The van der Waals surface area contributed by atoms with Gasteiger partial charge < -0.3 is 10.0 Å². The van der Waals surface area contributed by atoms with Gasteiger partial charge in [-0.1, -0.05) is 54.1 Å². The monoisotopic (exact) mass is 283 g/mol. The van der Waals surface area contributed by atoms with Crippen LogP contribution in [0.25, 0.3) is 5.57 Å². The molecule has 20 heavy (non-hydrogen) atoms. The molecular weight excluding hydrogens is 270 g/mol. The molecule has 2 nitrogen and oxygen atoms in total. The summed E-state index contributed by atoms with van der Waals surface area (Å²) in [5, 5.41) is 10.8. The fraction of sp³-hybridized carbons (Fsp3) is 0.0588. The smallest absolute Gasteiger partial charge is 0.150 e. The number of halogens is 1. The molecule has 0 aromatic heterocycles. The lowest BCUT2D eigenvalue weighted by molar-refractivity contribution is 0.227. The Bertz CT molecular complexity index is 664. The SMILES string of the molecule is OC1C=CC(c2ccccc2Cl)=CN1c1ccccc1. The number of rotatable bonds is 2. The van der Waals surface area contributed by atoms with Gasteiger partial charge in [0.15, 0.2) is 0 Å². The summed E-state index contributed by atoms with van der Waals surface area (Å²) in [6, 6.07) is 17.5. The molecule has 3 rings (SSSR count). The molecule has 1 aliphatic rings. The summed E-state index contributed by atoms with van der Waals surface area (Å²) < 4.78 is 0. The van der Waals surface area contributed by atoms with Crippen molar-refractivity contribution in [3.05, 3.63) is 83.5 Å². The number of hydrogen-bond acceptors (Lipinski definition) is 2. The molecule has 1 aliphatic heterocycles. The number of aliphatic hydroxyl groups is 1. The minimum atomic E-state index is -0.663. The highest BCUT2D eigenvalue weighted by atomic mass is 35.5. The van der Waals surface area contributed by atoms with E-state index in [2.05, 4.69) is 0 Å². The van der Waals surface area contributed by atoms with Gasteiger partial charge in [-0.3, -0.25) is 0 Å². The van der Waals surface area contributed by atoms with Gasteiger partial charge in [0.2, 0.25) is 0 Å². The quantitative estimate of drug-likeness (QED) is 0.898. The van der Waals surface area contributed by atoms with Gasteiger partial charge in [-0.2, -0.15) is 0 Å². The van der Waals surface area contributed by atoms with Crippen LogP contribution in [0.4, 0.5) is 5.69 Å². The number of nitrogens with zero attached hydrogens (tertiary/aromatic N) is 1. The van der Waals surface area contributed by atoms with E-state index in [1.807, 2.05) is 71.8 Å². The summed E-state index contributed by atoms with van der Waals surface area (Å²) in [4.78, 5) is 1.82. The number of para-hydroxylation sites is 1. The van der Waals surface area contributed by atoms with Crippen LogP contribution in [-0.4, -0.2) is 11.3 Å². The maximum absolute atomic E-state index is 10.1. The lowest BCUT2D eigenvalue weighted by Gasteiger charge is -2.28. The van der Waals surface area contributed by atoms with Gasteiger partial charge in [0, 0.05) is 22.5 Å². The van der Waals surface area contributed by atoms with Crippen molar-refractivity contribution in [2.45, 2.75) is 6.23 Å². The molecule has 0 amide bonds. The van der Waals surface area contributed by atoms with E-state index in [1.165, 1.54) is 0 Å². The molecule has 100 valence electrons. The van der Waals surface area contributed by atoms with Crippen molar-refractivity contribution in [3.63, 3.8) is 0 Å². The topological polar surface area (TPSA) is 23.5 Å². The molecule has 0 saturated carbocycles. The van der Waals surface area contributed by atoms with Crippen LogP contribution in [0, 0.1) is 0 Å². The van der Waals surface area contributed by atoms with Crippen LogP contribution < -0.4 is 4.90 Å². The van der Waals surface area contributed by atoms with Crippen molar-refractivity contribution in [2.75, 3.05) is 4.90 Å². The summed E-state index contributed by atoms with van der Waals surface area (Å²) in [6.07, 6.45) is 4.90. The first-order chi connectivity index (χ1) is 9.75. The maximum atomic E-state index is 10.1. The van der Waals surface area contributed by atoms with Crippen LogP contribution in [0.5, 0.6) is 0 Å². The van der Waals surface area contributed by atoms with Gasteiger partial charge in [0.05, 0.1) is 0 Å². The van der Waals surface area contributed by atoms with Crippen molar-refractivity contribution in [2.24, 2.45) is 0 Å². The molecule has 2 aromatic carbocycles. The maximum Gasteiger partial charge on any atom is 0.150 e. The van der Waals surface area contributed by atoms with Gasteiger partial charge in [-0.15, -0.1) is 0 Å². The Hall–Kier alpha value is -2.03. The van der Waals surface area contributed by atoms with Crippen molar-refractivity contribution in [3.8, 4) is 0 Å². The molecule has 1 atom stereocenters. The van der Waals surface area contributed by atoms with Crippen LogP contribution in [-0.2, 0) is 0 Å². The van der Waals surface area contributed by atoms with Gasteiger partial charge in [-0.05, 0) is 29.8 Å². The minimum absolute atomic E-state index is 0.663. The molecule has 1 N–H and O–H groups in total. The Labute approximate surface area is 123 Å². The van der Waals surface area contributed by atoms with Gasteiger partial charge >= 0.3 is 0 Å². The second-order valence-electron chi connectivity index (χ2n) is 4.58. The Morgan fingerprint density at radius 1 is 0.950 bits per heavy atom. The zero-order chi connectivity index (χ0) is 13.9. The van der Waals surface area contributed by atoms with E-state index in [4.69, 9.17) is 11.6 Å². The van der Waals surface area contributed by atoms with Crippen molar-refractivity contribution in [1.29, 1.82) is 0 Å². The molecular formula is C17H14ClNO. The Balaban J connectivity index is 2.01. The fourth-order valence-corrected chi connectivity index (χ4v) is 2.48. The Morgan fingerprint density at radius 2 is 1.65 bits per heavy atom. The average Bonchev–Trinajstić information content (AvgIpc) is 2.49. The molecule has 0 bridgehead atoms. The molecule has 1 unspecified atom stereocenters. The van der Waals surface area contributed by atoms with Crippen molar-refractivity contribution in [1.82, 2.24) is 0 Å². The number of anilines is 1. The van der Waals surface area contributed by atoms with Gasteiger partial charge in [0.25, 0.3) is 0 Å². The van der Waals surface area contributed by atoms with Crippen LogP contribution >= 0.6 is 11.6 Å². The largest absolute Gasteiger partial charge is 0.370 e. The van der Waals surface area contributed by atoms with E-state index in [0.29, 0.717) is 5.02 Å². The number of hydrogen-bond donors (Lipinski definition) is 1. The van der Waals surface area contributed by atoms with Crippen LogP contribution in [0.3, 0.4) is 0 Å². The van der Waals surface area contributed by atoms with E-state index in [9.17, 15) is 5.11 Å². The number of benzene rings is 2. The predicted octanol–water partition coefficient (Wildman–Crippen LogP) is 4.08. The van der Waals surface area contributed by atoms with E-state index in [0.717, 1.165) is 16.8 Å². The fourth-order valence-electron chi connectivity index (χ4n) is 2.23. The summed E-state index contributed by atoms with van der Waals surface area (Å²) in [6.45, 7) is 0. The summed E-state index contributed by atoms with van der Waals surface area (Å²) in [7, 11) is 0. The van der Waals surface area contributed by atoms with Gasteiger partial charge in [-0.25, -0.2) is 0 Å². The third-order valence-electron chi connectivity index (χ3n) is 3.25. The summed E-state index contributed by atoms with van der Waals surface area (Å²) in [5.41, 5.74) is 2.87. The van der Waals surface area contributed by atoms with Crippen LogP contribution in [0.1, 0.15) is 5.56 Å². The first kappa shape index (κ1) is 13.0. The van der Waals surface area contributed by atoms with Crippen LogP contribution in [0.2, 0.25) is 5.02 Å². The molecule has 2 aromatic rings. The molecule has 0 fully saturated rings. The molecule has 0 aliphatic carbocycles. The van der Waals surface area contributed by atoms with E-state index < -0.39 is 6.23 Å². The molecule has 1 heterocycles. The zero-order valence-corrected chi connectivity index (χ0v) is 11.5. The van der Waals surface area contributed by atoms with Crippen LogP contribution in [0.15, 0.2) is 72.9 Å². The first-order valence-corrected chi connectivity index (χ1v) is 6.80. The molecule has 3 heteroatoms. The molecule has 0 radical (unpaired) electrons. The zero-order valence-electron chi connectivity index (χ0n) is 10.8. The van der Waals surface area contributed by atoms with Crippen molar-refractivity contribution >= 4 is 22.9 Å². The Kier molecular flexibility index (Phi) is 3.59. The number of allylic oxidation sites excluding steroid dienone is 2. The second-order valence-corrected chi connectivity index (χ2v) is 4.99. The molecule has 0 spiro atoms. The lowest BCUT2D eigenvalue weighted by Crippen LogP contribution is -2.30. The number of aliphatic hydroxyl groups excluding tert-OH is 1. The third-order valence-corrected chi connectivity index (χ3v) is 3.58. The van der Waals surface area contributed by atoms with Gasteiger partial charge in [0.1, 0.15) is 6.23 Å². The third kappa shape index (κ3) is 2.48. The highest BCUT2D eigenvalue weighted by Gasteiger charge is 2.17. The molecule has 0 saturated heterocycles. The highest BCUT2D eigenvalue weighted by Crippen LogP contribution is 2.30. The lowest BCUT2D eigenvalue weighted by atomic mass is 10.0.